The maximum Gasteiger partial charge on any atom is 0.192 e. The first-order valence-electron chi connectivity index (χ1n) is 7.20. The van der Waals surface area contributed by atoms with Crippen LogP contribution >= 0.6 is 0 Å². The molecule has 0 radical (unpaired) electrons. The van der Waals surface area contributed by atoms with Crippen molar-refractivity contribution in [1.29, 1.82) is 0 Å². The normalized spacial score (nSPS) is 25.3. The van der Waals surface area contributed by atoms with E-state index >= 15 is 0 Å². The van der Waals surface area contributed by atoms with Gasteiger partial charge in [-0.25, -0.2) is 0 Å². The van der Waals surface area contributed by atoms with Gasteiger partial charge in [0.25, 0.3) is 0 Å². The van der Waals surface area contributed by atoms with Crippen LogP contribution in [0.25, 0.3) is 0 Å². The third-order valence-electron chi connectivity index (χ3n) is 4.42. The molecule has 3 nitrogen and oxygen atoms in total. The fourth-order valence-corrected chi connectivity index (χ4v) is 3.50. The van der Waals surface area contributed by atoms with Gasteiger partial charge in [0.15, 0.2) is 5.96 Å². The number of nitrogens with zero attached hydrogens (tertiary/aromatic N) is 2. The van der Waals surface area contributed by atoms with Crippen LogP contribution in [0, 0.1) is 12.8 Å². The van der Waals surface area contributed by atoms with Crippen LogP contribution in [-0.4, -0.2) is 23.9 Å². The Morgan fingerprint density at radius 3 is 2.95 bits per heavy atom. The van der Waals surface area contributed by atoms with Gasteiger partial charge in [-0.15, -0.1) is 0 Å². The Bertz CT molecular complexity index is 533. The topological polar surface area (TPSA) is 41.6 Å². The first-order valence-corrected chi connectivity index (χ1v) is 7.20. The summed E-state index contributed by atoms with van der Waals surface area (Å²) in [7, 11) is 0. The van der Waals surface area contributed by atoms with Gasteiger partial charge in [-0.3, -0.25) is 4.99 Å². The van der Waals surface area contributed by atoms with Crippen molar-refractivity contribution in [2.45, 2.75) is 39.2 Å². The summed E-state index contributed by atoms with van der Waals surface area (Å²) in [4.78, 5) is 6.90. The van der Waals surface area contributed by atoms with Crippen molar-refractivity contribution < 1.29 is 0 Å². The van der Waals surface area contributed by atoms with Crippen LogP contribution < -0.4 is 5.73 Å². The lowest BCUT2D eigenvalue weighted by Gasteiger charge is -2.38. The molecule has 1 spiro atoms. The second-order valence-corrected chi connectivity index (χ2v) is 6.37. The molecule has 1 aromatic rings. The van der Waals surface area contributed by atoms with Crippen LogP contribution in [0.3, 0.4) is 0 Å². The van der Waals surface area contributed by atoms with Gasteiger partial charge in [-0.05, 0) is 36.8 Å². The van der Waals surface area contributed by atoms with Crippen LogP contribution in [0.15, 0.2) is 23.2 Å². The molecule has 3 heteroatoms. The van der Waals surface area contributed by atoms with E-state index in [4.69, 9.17) is 5.73 Å². The maximum absolute atomic E-state index is 6.15. The molecule has 19 heavy (non-hydrogen) atoms. The van der Waals surface area contributed by atoms with Gasteiger partial charge in [0.05, 0.1) is 12.1 Å². The predicted octanol–water partition coefficient (Wildman–Crippen LogP) is 2.42. The number of rotatable bonds is 2. The number of aryl methyl sites for hydroxylation is 2. The summed E-state index contributed by atoms with van der Waals surface area (Å²) in [6.45, 7) is 8.46. The molecule has 0 amide bonds. The molecule has 1 atom stereocenters. The third-order valence-corrected chi connectivity index (χ3v) is 4.42. The minimum absolute atomic E-state index is 0.0374. The molecule has 1 aliphatic heterocycles. The molecule has 1 aromatic carbocycles. The number of hydrogen-bond donors (Lipinski definition) is 1. The first-order chi connectivity index (χ1) is 9.03. The van der Waals surface area contributed by atoms with E-state index in [2.05, 4.69) is 48.9 Å². The largest absolute Gasteiger partial charge is 0.370 e. The lowest BCUT2D eigenvalue weighted by molar-refractivity contribution is 0.183. The van der Waals surface area contributed by atoms with E-state index in [1.54, 1.807) is 0 Å². The van der Waals surface area contributed by atoms with E-state index in [-0.39, 0.29) is 5.54 Å². The minimum atomic E-state index is 0.0374. The van der Waals surface area contributed by atoms with Gasteiger partial charge >= 0.3 is 0 Å². The molecule has 1 unspecified atom stereocenters. The van der Waals surface area contributed by atoms with E-state index in [1.165, 1.54) is 16.7 Å². The van der Waals surface area contributed by atoms with Gasteiger partial charge in [0.1, 0.15) is 0 Å². The van der Waals surface area contributed by atoms with Gasteiger partial charge in [0, 0.05) is 6.54 Å². The van der Waals surface area contributed by atoms with E-state index in [0.717, 1.165) is 31.9 Å². The zero-order valence-corrected chi connectivity index (χ0v) is 12.1. The molecule has 3 rings (SSSR count). The highest BCUT2D eigenvalue weighted by Gasteiger charge is 2.47. The van der Waals surface area contributed by atoms with Gasteiger partial charge in [0.2, 0.25) is 0 Å². The maximum atomic E-state index is 6.15. The van der Waals surface area contributed by atoms with Crippen molar-refractivity contribution in [2.24, 2.45) is 16.6 Å². The Kier molecular flexibility index (Phi) is 2.80. The fourth-order valence-electron chi connectivity index (χ4n) is 3.50. The number of benzene rings is 1. The summed E-state index contributed by atoms with van der Waals surface area (Å²) in [5, 5.41) is 0. The zero-order chi connectivity index (χ0) is 13.6. The average Bonchev–Trinajstić information content (AvgIpc) is 2.86. The third kappa shape index (κ3) is 1.83. The molecule has 2 aliphatic rings. The summed E-state index contributed by atoms with van der Waals surface area (Å²) in [6.07, 6.45) is 2.29. The molecular formula is C16H23N3. The van der Waals surface area contributed by atoms with E-state index in [0.29, 0.717) is 5.92 Å². The standard InChI is InChI=1S/C16H23N3/c1-11(2)9-19-15(17)18-10-16(19)7-6-13-5-4-12(3)8-14(13)16/h4-5,8,11H,6-7,9-10H2,1-3H3,(H2,17,18). The van der Waals surface area contributed by atoms with Crippen molar-refractivity contribution in [1.82, 2.24) is 4.90 Å². The van der Waals surface area contributed by atoms with Crippen LogP contribution in [0.2, 0.25) is 0 Å². The molecule has 2 N–H and O–H groups in total. The van der Waals surface area contributed by atoms with Crippen molar-refractivity contribution in [3.63, 3.8) is 0 Å². The molecule has 0 saturated heterocycles. The van der Waals surface area contributed by atoms with Crippen molar-refractivity contribution >= 4 is 5.96 Å². The molecule has 1 heterocycles. The van der Waals surface area contributed by atoms with E-state index in [9.17, 15) is 0 Å². The van der Waals surface area contributed by atoms with Crippen molar-refractivity contribution in [2.75, 3.05) is 13.1 Å². The van der Waals surface area contributed by atoms with Crippen LogP contribution in [0.1, 0.15) is 37.0 Å². The van der Waals surface area contributed by atoms with Gasteiger partial charge < -0.3 is 10.6 Å². The van der Waals surface area contributed by atoms with Crippen LogP contribution in [0.4, 0.5) is 0 Å². The average molecular weight is 257 g/mol. The lowest BCUT2D eigenvalue weighted by Crippen LogP contribution is -2.49. The molecule has 0 saturated carbocycles. The summed E-state index contributed by atoms with van der Waals surface area (Å²) in [5.74, 6) is 1.32. The number of nitrogens with two attached hydrogens (primary N) is 1. The Morgan fingerprint density at radius 1 is 1.42 bits per heavy atom. The van der Waals surface area contributed by atoms with Crippen molar-refractivity contribution in [3.05, 3.63) is 34.9 Å². The SMILES string of the molecule is Cc1ccc2c(c1)C1(CC2)CN=C(N)N1CC(C)C. The smallest absolute Gasteiger partial charge is 0.192 e. The minimum Gasteiger partial charge on any atom is -0.370 e. The monoisotopic (exact) mass is 257 g/mol. The van der Waals surface area contributed by atoms with Gasteiger partial charge in [-0.2, -0.15) is 0 Å². The highest BCUT2D eigenvalue weighted by atomic mass is 15.4. The molecule has 0 aromatic heterocycles. The number of fused-ring (bicyclic) bond motifs is 2. The Morgan fingerprint density at radius 2 is 2.21 bits per heavy atom. The zero-order valence-electron chi connectivity index (χ0n) is 12.1. The summed E-state index contributed by atoms with van der Waals surface area (Å²) >= 11 is 0. The van der Waals surface area contributed by atoms with Crippen LogP contribution in [-0.2, 0) is 12.0 Å². The van der Waals surface area contributed by atoms with E-state index < -0.39 is 0 Å². The summed E-state index contributed by atoms with van der Waals surface area (Å²) in [6, 6.07) is 6.83. The fraction of sp³-hybridized carbons (Fsp3) is 0.562. The quantitative estimate of drug-likeness (QED) is 0.884. The second-order valence-electron chi connectivity index (χ2n) is 6.37. The number of hydrogen-bond acceptors (Lipinski definition) is 3. The molecule has 1 aliphatic carbocycles. The highest BCUT2D eigenvalue weighted by Crippen LogP contribution is 2.44. The summed E-state index contributed by atoms with van der Waals surface area (Å²) < 4.78 is 0. The molecular weight excluding hydrogens is 234 g/mol. The number of guanidine groups is 1. The molecule has 0 bridgehead atoms. The highest BCUT2D eigenvalue weighted by molar-refractivity contribution is 5.81. The molecule has 0 fully saturated rings. The Hall–Kier alpha value is -1.51. The van der Waals surface area contributed by atoms with Crippen LogP contribution in [0.5, 0.6) is 0 Å². The van der Waals surface area contributed by atoms with Crippen molar-refractivity contribution in [3.8, 4) is 0 Å². The molecule has 102 valence electrons. The lowest BCUT2D eigenvalue weighted by atomic mass is 9.89. The predicted molar refractivity (Wildman–Crippen MR) is 79.2 cm³/mol. The Balaban J connectivity index is 2.04. The first kappa shape index (κ1) is 12.5. The second kappa shape index (κ2) is 4.26. The number of aliphatic imine (C=N–C) groups is 1. The van der Waals surface area contributed by atoms with Gasteiger partial charge in [-0.1, -0.05) is 37.6 Å². The summed E-state index contributed by atoms with van der Waals surface area (Å²) in [5.41, 5.74) is 10.5. The Labute approximate surface area is 115 Å². The van der Waals surface area contributed by atoms with E-state index in [1.807, 2.05) is 0 Å².